The van der Waals surface area contributed by atoms with Crippen molar-refractivity contribution in [2.45, 2.75) is 26.1 Å². The fraction of sp³-hybridized carbons (Fsp3) is 0.562. The van der Waals surface area contributed by atoms with Gasteiger partial charge in [-0.3, -0.25) is 4.90 Å². The third-order valence-corrected chi connectivity index (χ3v) is 3.39. The van der Waals surface area contributed by atoms with E-state index in [4.69, 9.17) is 11.6 Å². The molecular weight excluding hydrogens is 468 g/mol. The second-order valence-corrected chi connectivity index (χ2v) is 5.89. The van der Waals surface area contributed by atoms with Crippen LogP contribution in [0.3, 0.4) is 0 Å². The number of aliphatic imine (C=N–C) groups is 1. The molecule has 0 aliphatic heterocycles. The van der Waals surface area contributed by atoms with E-state index in [1.54, 1.807) is 0 Å². The van der Waals surface area contributed by atoms with Crippen LogP contribution in [0, 0.1) is 0 Å². The number of nitrogens with one attached hydrogen (secondary N) is 2. The third-order valence-electron chi connectivity index (χ3n) is 3.14. The first-order valence-electron chi connectivity index (χ1n) is 7.82. The third kappa shape index (κ3) is 12.3. The number of hydrogen-bond donors (Lipinski definition) is 2. The zero-order valence-corrected chi connectivity index (χ0v) is 17.5. The van der Waals surface area contributed by atoms with E-state index in [-0.39, 0.29) is 24.0 Å². The summed E-state index contributed by atoms with van der Waals surface area (Å²) in [6.07, 6.45) is -3.56. The van der Waals surface area contributed by atoms with Crippen LogP contribution in [-0.2, 0) is 6.54 Å². The van der Waals surface area contributed by atoms with Crippen molar-refractivity contribution in [1.82, 2.24) is 15.5 Å². The predicted octanol–water partition coefficient (Wildman–Crippen LogP) is 3.90. The molecule has 2 N–H and O–H groups in total. The molecule has 0 bridgehead atoms. The Labute approximate surface area is 169 Å². The predicted molar refractivity (Wildman–Crippen MR) is 108 cm³/mol. The molecule has 0 aromatic heterocycles. The van der Waals surface area contributed by atoms with Gasteiger partial charge in [-0.25, -0.2) is 4.99 Å². The molecule has 0 aliphatic rings. The molecule has 0 saturated carbocycles. The zero-order valence-electron chi connectivity index (χ0n) is 14.4. The maximum atomic E-state index is 12.2. The second kappa shape index (κ2) is 12.6. The van der Waals surface area contributed by atoms with Gasteiger partial charge in [0, 0.05) is 18.1 Å². The molecule has 1 aromatic rings. The Morgan fingerprint density at radius 2 is 1.84 bits per heavy atom. The molecule has 1 rings (SSSR count). The van der Waals surface area contributed by atoms with Gasteiger partial charge in [0.1, 0.15) is 0 Å². The Morgan fingerprint density at radius 1 is 1.20 bits per heavy atom. The van der Waals surface area contributed by atoms with Gasteiger partial charge in [0.15, 0.2) is 5.96 Å². The van der Waals surface area contributed by atoms with E-state index in [0.29, 0.717) is 43.6 Å². The van der Waals surface area contributed by atoms with Crippen LogP contribution in [0.1, 0.15) is 18.9 Å². The van der Waals surface area contributed by atoms with Gasteiger partial charge in [0.2, 0.25) is 0 Å². The molecule has 0 unspecified atom stereocenters. The van der Waals surface area contributed by atoms with Crippen LogP contribution in [0.15, 0.2) is 29.3 Å². The molecule has 0 amide bonds. The lowest BCUT2D eigenvalue weighted by atomic mass is 10.2. The number of hydrogen-bond acceptors (Lipinski definition) is 2. The number of halogens is 5. The molecule has 0 atom stereocenters. The average Bonchev–Trinajstić information content (AvgIpc) is 2.49. The number of rotatable bonds is 8. The highest BCUT2D eigenvalue weighted by atomic mass is 127. The molecule has 4 nitrogen and oxygen atoms in total. The normalized spacial score (nSPS) is 12.0. The van der Waals surface area contributed by atoms with Gasteiger partial charge in [-0.05, 0) is 44.6 Å². The van der Waals surface area contributed by atoms with Gasteiger partial charge >= 0.3 is 6.18 Å². The Morgan fingerprint density at radius 3 is 2.40 bits per heavy atom. The Hall–Kier alpha value is -0.740. The molecule has 0 fully saturated rings. The number of alkyl halides is 3. The van der Waals surface area contributed by atoms with Gasteiger partial charge in [-0.2, -0.15) is 13.2 Å². The van der Waals surface area contributed by atoms with Gasteiger partial charge in [0.25, 0.3) is 0 Å². The number of benzene rings is 1. The van der Waals surface area contributed by atoms with Gasteiger partial charge in [-0.15, -0.1) is 24.0 Å². The first kappa shape index (κ1) is 24.3. The Bertz CT molecular complexity index is 509. The SMILES string of the molecule is CCNC(=NCc1ccc(Cl)cc1)NCCCN(C)CC(F)(F)F.I. The molecule has 144 valence electrons. The fourth-order valence-electron chi connectivity index (χ4n) is 2.04. The van der Waals surface area contributed by atoms with E-state index < -0.39 is 12.7 Å². The molecule has 0 radical (unpaired) electrons. The quantitative estimate of drug-likeness (QED) is 0.250. The molecule has 9 heteroatoms. The largest absolute Gasteiger partial charge is 0.401 e. The topological polar surface area (TPSA) is 39.7 Å². The first-order chi connectivity index (χ1) is 11.3. The van der Waals surface area contributed by atoms with Crippen LogP contribution < -0.4 is 10.6 Å². The smallest absolute Gasteiger partial charge is 0.357 e. The monoisotopic (exact) mass is 492 g/mol. The highest BCUT2D eigenvalue weighted by Gasteiger charge is 2.28. The summed E-state index contributed by atoms with van der Waals surface area (Å²) >= 11 is 5.84. The van der Waals surface area contributed by atoms with Crippen molar-refractivity contribution >= 4 is 41.5 Å². The molecule has 1 aromatic carbocycles. The highest BCUT2D eigenvalue weighted by molar-refractivity contribution is 14.0. The van der Waals surface area contributed by atoms with E-state index in [2.05, 4.69) is 15.6 Å². The summed E-state index contributed by atoms with van der Waals surface area (Å²) in [5, 5.41) is 6.91. The van der Waals surface area contributed by atoms with E-state index in [9.17, 15) is 13.2 Å². The Balaban J connectivity index is 0.00000576. The van der Waals surface area contributed by atoms with Crippen LogP contribution >= 0.6 is 35.6 Å². The lowest BCUT2D eigenvalue weighted by Crippen LogP contribution is -2.39. The summed E-state index contributed by atoms with van der Waals surface area (Å²) in [5.74, 6) is 0.644. The summed E-state index contributed by atoms with van der Waals surface area (Å²) < 4.78 is 36.7. The van der Waals surface area contributed by atoms with Gasteiger partial charge in [-0.1, -0.05) is 23.7 Å². The fourth-order valence-corrected chi connectivity index (χ4v) is 2.17. The van der Waals surface area contributed by atoms with Crippen molar-refractivity contribution in [3.05, 3.63) is 34.9 Å². The van der Waals surface area contributed by atoms with Crippen molar-refractivity contribution in [2.75, 3.05) is 33.2 Å². The standard InChI is InChI=1S/C16H24ClF3N4.HI/c1-3-21-15(23-11-13-5-7-14(17)8-6-13)22-9-4-10-24(2)12-16(18,19)20;/h5-8H,3-4,9-12H2,1-2H3,(H2,21,22,23);1H. The average molecular weight is 493 g/mol. The van der Waals surface area contributed by atoms with Gasteiger partial charge < -0.3 is 10.6 Å². The number of guanidine groups is 1. The molecule has 0 heterocycles. The number of nitrogens with zero attached hydrogens (tertiary/aromatic N) is 2. The first-order valence-corrected chi connectivity index (χ1v) is 8.20. The summed E-state index contributed by atoms with van der Waals surface area (Å²) in [6.45, 7) is 3.19. The maximum Gasteiger partial charge on any atom is 0.401 e. The van der Waals surface area contributed by atoms with Crippen LogP contribution in [0.2, 0.25) is 5.02 Å². The lowest BCUT2D eigenvalue weighted by molar-refractivity contribution is -0.143. The summed E-state index contributed by atoms with van der Waals surface area (Å²) in [4.78, 5) is 5.71. The Kier molecular flexibility index (Phi) is 12.2. The lowest BCUT2D eigenvalue weighted by Gasteiger charge is -2.18. The van der Waals surface area contributed by atoms with E-state index in [1.807, 2.05) is 31.2 Å². The van der Waals surface area contributed by atoms with E-state index in [0.717, 1.165) is 5.56 Å². The minimum absolute atomic E-state index is 0. The van der Waals surface area contributed by atoms with Crippen molar-refractivity contribution < 1.29 is 13.2 Å². The van der Waals surface area contributed by atoms with Gasteiger partial charge in [0.05, 0.1) is 13.1 Å². The van der Waals surface area contributed by atoms with Crippen LogP contribution in [0.5, 0.6) is 0 Å². The molecule has 0 saturated heterocycles. The van der Waals surface area contributed by atoms with Crippen molar-refractivity contribution in [2.24, 2.45) is 4.99 Å². The highest BCUT2D eigenvalue weighted by Crippen LogP contribution is 2.15. The van der Waals surface area contributed by atoms with Crippen LogP contribution in [-0.4, -0.2) is 50.3 Å². The minimum atomic E-state index is -4.16. The minimum Gasteiger partial charge on any atom is -0.357 e. The van der Waals surface area contributed by atoms with Crippen LogP contribution in [0.25, 0.3) is 0 Å². The molecule has 25 heavy (non-hydrogen) atoms. The molecular formula is C16H25ClF3IN4. The van der Waals surface area contributed by atoms with Crippen molar-refractivity contribution in [1.29, 1.82) is 0 Å². The summed E-state index contributed by atoms with van der Waals surface area (Å²) in [5.41, 5.74) is 1.03. The van der Waals surface area contributed by atoms with Crippen LogP contribution in [0.4, 0.5) is 13.2 Å². The second-order valence-electron chi connectivity index (χ2n) is 5.45. The zero-order chi connectivity index (χ0) is 18.0. The van der Waals surface area contributed by atoms with E-state index in [1.165, 1.54) is 11.9 Å². The van der Waals surface area contributed by atoms with Crippen molar-refractivity contribution in [3.8, 4) is 0 Å². The van der Waals surface area contributed by atoms with Crippen molar-refractivity contribution in [3.63, 3.8) is 0 Å². The molecule has 0 spiro atoms. The maximum absolute atomic E-state index is 12.2. The van der Waals surface area contributed by atoms with E-state index >= 15 is 0 Å². The summed E-state index contributed by atoms with van der Waals surface area (Å²) in [6, 6.07) is 7.43. The molecule has 0 aliphatic carbocycles. The summed E-state index contributed by atoms with van der Waals surface area (Å²) in [7, 11) is 1.47.